The van der Waals surface area contributed by atoms with Gasteiger partial charge in [0.2, 0.25) is 0 Å². The highest BCUT2D eigenvalue weighted by molar-refractivity contribution is 7.46. The molecule has 0 spiro atoms. The second-order valence-electron chi connectivity index (χ2n) is 5.34. The first-order valence-electron chi connectivity index (χ1n) is 6.57. The molecule has 0 amide bonds. The van der Waals surface area contributed by atoms with Crippen LogP contribution >= 0.6 is 7.82 Å². The molecule has 0 aromatic heterocycles. The lowest BCUT2D eigenvalue weighted by molar-refractivity contribution is -0.164. The lowest BCUT2D eigenvalue weighted by Gasteiger charge is -2.43. The Balaban J connectivity index is 2.97. The highest BCUT2D eigenvalue weighted by Crippen LogP contribution is 2.45. The highest BCUT2D eigenvalue weighted by atomic mass is 31.2. The Bertz CT molecular complexity index is 475. The number of esters is 1. The van der Waals surface area contributed by atoms with Gasteiger partial charge in [-0.15, -0.1) is 0 Å². The lowest BCUT2D eigenvalue weighted by atomic mass is 9.71. The number of hydrogen-bond donors (Lipinski definition) is 2. The van der Waals surface area contributed by atoms with Crippen molar-refractivity contribution in [3.05, 3.63) is 10.4 Å². The smallest absolute Gasteiger partial charge is 0.459 e. The van der Waals surface area contributed by atoms with E-state index < -0.39 is 26.0 Å². The molecule has 10 heteroatoms. The average Bonchev–Trinajstić information content (AvgIpc) is 2.34. The Labute approximate surface area is 122 Å². The van der Waals surface area contributed by atoms with Gasteiger partial charge in [-0.2, -0.15) is 0 Å². The van der Waals surface area contributed by atoms with Gasteiger partial charge >= 0.3 is 13.8 Å². The van der Waals surface area contributed by atoms with Crippen molar-refractivity contribution >= 4 is 13.8 Å². The molecule has 1 rings (SSSR count). The van der Waals surface area contributed by atoms with Crippen LogP contribution in [0.1, 0.15) is 27.2 Å². The predicted molar refractivity (Wildman–Crippen MR) is 72.9 cm³/mol. The Kier molecular flexibility index (Phi) is 6.19. The molecule has 5 atom stereocenters. The topological polar surface area (TPSA) is 142 Å². The molecule has 0 radical (unpaired) electrons. The fourth-order valence-electron chi connectivity index (χ4n) is 2.75. The van der Waals surface area contributed by atoms with Crippen LogP contribution in [0.25, 0.3) is 10.4 Å². The van der Waals surface area contributed by atoms with Crippen molar-refractivity contribution in [2.75, 3.05) is 6.54 Å². The Morgan fingerprint density at radius 2 is 2.05 bits per heavy atom. The Morgan fingerprint density at radius 1 is 1.43 bits per heavy atom. The summed E-state index contributed by atoms with van der Waals surface area (Å²) in [4.78, 5) is 31.9. The number of azide groups is 1. The van der Waals surface area contributed by atoms with Crippen molar-refractivity contribution in [2.24, 2.45) is 22.9 Å². The maximum atomic E-state index is 11.2. The summed E-state index contributed by atoms with van der Waals surface area (Å²) in [6.45, 7) is 5.18. The zero-order valence-electron chi connectivity index (χ0n) is 12.1. The van der Waals surface area contributed by atoms with Crippen molar-refractivity contribution in [3.8, 4) is 0 Å². The van der Waals surface area contributed by atoms with E-state index in [2.05, 4.69) is 10.0 Å². The van der Waals surface area contributed by atoms with E-state index in [9.17, 15) is 9.36 Å². The van der Waals surface area contributed by atoms with Crippen molar-refractivity contribution in [1.29, 1.82) is 0 Å². The summed E-state index contributed by atoms with van der Waals surface area (Å²) >= 11 is 0. The van der Waals surface area contributed by atoms with Crippen LogP contribution in [0, 0.1) is 17.8 Å². The molecule has 2 N–H and O–H groups in total. The van der Waals surface area contributed by atoms with Crippen LogP contribution < -0.4 is 0 Å². The second kappa shape index (κ2) is 7.24. The number of nitrogens with zero attached hydrogens (tertiary/aromatic N) is 3. The number of carbonyl (C=O) groups is 1. The largest absolute Gasteiger partial charge is 0.469 e. The van der Waals surface area contributed by atoms with Crippen LogP contribution in [0.5, 0.6) is 0 Å². The van der Waals surface area contributed by atoms with E-state index in [-0.39, 0.29) is 30.7 Å². The van der Waals surface area contributed by atoms with Gasteiger partial charge in [-0.3, -0.25) is 9.32 Å². The molecule has 2 unspecified atom stereocenters. The monoisotopic (exact) mass is 321 g/mol. The molecule has 0 aliphatic heterocycles. The summed E-state index contributed by atoms with van der Waals surface area (Å²) in [7, 11) is -4.71. The molecular weight excluding hydrogens is 301 g/mol. The van der Waals surface area contributed by atoms with Gasteiger partial charge in [0.05, 0.1) is 0 Å². The first kappa shape index (κ1) is 17.9. The highest BCUT2D eigenvalue weighted by Gasteiger charge is 2.45. The third kappa shape index (κ3) is 5.30. The molecule has 0 aromatic carbocycles. The van der Waals surface area contributed by atoms with Crippen LogP contribution in [0.15, 0.2) is 5.11 Å². The van der Waals surface area contributed by atoms with E-state index in [4.69, 9.17) is 24.6 Å². The SMILES string of the molecule is CC(=O)OC1[C@@H](OP(=O)(O)O)CC(CN=[N+]=[N-])[C@@H](C)[C@@H]1C. The van der Waals surface area contributed by atoms with E-state index in [0.29, 0.717) is 0 Å². The first-order valence-corrected chi connectivity index (χ1v) is 8.10. The summed E-state index contributed by atoms with van der Waals surface area (Å²) in [5.74, 6) is -0.763. The van der Waals surface area contributed by atoms with Gasteiger partial charge in [-0.05, 0) is 29.7 Å². The maximum absolute atomic E-state index is 11.2. The van der Waals surface area contributed by atoms with Crippen LogP contribution in [-0.4, -0.2) is 34.5 Å². The van der Waals surface area contributed by atoms with Gasteiger partial charge < -0.3 is 14.5 Å². The fraction of sp³-hybridized carbons (Fsp3) is 0.909. The van der Waals surface area contributed by atoms with E-state index in [1.54, 1.807) is 0 Å². The van der Waals surface area contributed by atoms with Crippen LogP contribution in [0.3, 0.4) is 0 Å². The second-order valence-corrected chi connectivity index (χ2v) is 6.53. The third-order valence-corrected chi connectivity index (χ3v) is 4.49. The maximum Gasteiger partial charge on any atom is 0.469 e. The zero-order chi connectivity index (χ0) is 16.2. The van der Waals surface area contributed by atoms with Crippen molar-refractivity contribution in [3.63, 3.8) is 0 Å². The van der Waals surface area contributed by atoms with Crippen LogP contribution in [0.4, 0.5) is 0 Å². The van der Waals surface area contributed by atoms with Crippen molar-refractivity contribution < 1.29 is 28.4 Å². The number of ether oxygens (including phenoxy) is 1. The predicted octanol–water partition coefficient (Wildman–Crippen LogP) is 2.00. The molecule has 9 nitrogen and oxygen atoms in total. The quantitative estimate of drug-likeness (QED) is 0.261. The van der Waals surface area contributed by atoms with Crippen LogP contribution in [-0.2, 0) is 18.6 Å². The normalized spacial score (nSPS) is 33.1. The molecule has 1 saturated carbocycles. The Hall–Kier alpha value is -1.11. The molecule has 0 bridgehead atoms. The number of hydrogen-bond acceptors (Lipinski definition) is 5. The summed E-state index contributed by atoms with van der Waals surface area (Å²) in [5.41, 5.74) is 8.41. The van der Waals surface area contributed by atoms with Crippen molar-refractivity contribution in [1.82, 2.24) is 0 Å². The molecular formula is C11H20N3O6P. The van der Waals surface area contributed by atoms with Gasteiger partial charge in [-0.1, -0.05) is 19.0 Å². The molecule has 1 fully saturated rings. The third-order valence-electron chi connectivity index (χ3n) is 3.95. The zero-order valence-corrected chi connectivity index (χ0v) is 13.0. The summed E-state index contributed by atoms with van der Waals surface area (Å²) in [6, 6.07) is 0. The standard InChI is InChI=1S/C11H20N3O6P/c1-6-7(2)11(19-8(3)15)10(20-21(16,17)18)4-9(6)5-13-14-12/h6-7,9-11H,4-5H2,1-3H3,(H2,16,17,18)/t6-,7-,9?,10-,11?/m0/s1. The molecule has 21 heavy (non-hydrogen) atoms. The molecule has 1 aliphatic carbocycles. The molecule has 0 aromatic rings. The van der Waals surface area contributed by atoms with Gasteiger partial charge in [0.25, 0.3) is 0 Å². The fourth-order valence-corrected chi connectivity index (χ4v) is 3.31. The van der Waals surface area contributed by atoms with Gasteiger partial charge in [0.15, 0.2) is 0 Å². The van der Waals surface area contributed by atoms with Gasteiger partial charge in [0.1, 0.15) is 12.2 Å². The minimum atomic E-state index is -4.71. The minimum Gasteiger partial charge on any atom is -0.459 e. The Morgan fingerprint density at radius 3 is 2.52 bits per heavy atom. The molecule has 120 valence electrons. The number of carbonyl (C=O) groups excluding carboxylic acids is 1. The average molecular weight is 321 g/mol. The number of rotatable bonds is 5. The van der Waals surface area contributed by atoms with Gasteiger partial charge in [-0.25, -0.2) is 4.57 Å². The van der Waals surface area contributed by atoms with E-state index in [1.807, 2.05) is 13.8 Å². The summed E-state index contributed by atoms with van der Waals surface area (Å²) in [5, 5.41) is 3.52. The lowest BCUT2D eigenvalue weighted by Crippen LogP contribution is -2.48. The first-order chi connectivity index (χ1) is 9.65. The number of phosphoric acid groups is 1. The van der Waals surface area contributed by atoms with E-state index >= 15 is 0 Å². The molecule has 0 heterocycles. The van der Waals surface area contributed by atoms with E-state index in [1.165, 1.54) is 6.92 Å². The number of phosphoric ester groups is 1. The van der Waals surface area contributed by atoms with Gasteiger partial charge in [0, 0.05) is 18.4 Å². The van der Waals surface area contributed by atoms with Crippen molar-refractivity contribution in [2.45, 2.75) is 39.4 Å². The van der Waals surface area contributed by atoms with E-state index in [0.717, 1.165) is 0 Å². The molecule has 0 saturated heterocycles. The van der Waals surface area contributed by atoms with Crippen LogP contribution in [0.2, 0.25) is 0 Å². The summed E-state index contributed by atoms with van der Waals surface area (Å²) < 4.78 is 21.0. The minimum absolute atomic E-state index is 0.0523. The molecule has 1 aliphatic rings. The summed E-state index contributed by atoms with van der Waals surface area (Å²) in [6.07, 6.45) is -1.43.